The Bertz CT molecular complexity index is 1100. The first-order valence-corrected chi connectivity index (χ1v) is 9.23. The lowest BCUT2D eigenvalue weighted by atomic mass is 9.95. The standard InChI is InChI=1S/C23H19NO6/c1-29-17-10-6-15(7-11-17)21(26)19-20(14-4-8-16(25)9-5-14)24(23(28)22(19)27)13-18-3-2-12-30-18/h2-12,20,25-26H,13H2,1H3/b21-19+/t20-/m0/s1. The minimum atomic E-state index is -0.835. The highest BCUT2D eigenvalue weighted by atomic mass is 16.5. The van der Waals surface area contributed by atoms with Crippen molar-refractivity contribution in [3.63, 3.8) is 0 Å². The van der Waals surface area contributed by atoms with Gasteiger partial charge in [-0.05, 0) is 54.1 Å². The van der Waals surface area contributed by atoms with Crippen molar-refractivity contribution in [1.82, 2.24) is 4.90 Å². The molecule has 0 spiro atoms. The zero-order chi connectivity index (χ0) is 21.3. The van der Waals surface area contributed by atoms with E-state index in [-0.39, 0.29) is 23.6 Å². The van der Waals surface area contributed by atoms with Gasteiger partial charge in [0.25, 0.3) is 11.7 Å². The number of rotatable bonds is 5. The lowest BCUT2D eigenvalue weighted by Gasteiger charge is -2.24. The molecule has 2 aromatic carbocycles. The topological polar surface area (TPSA) is 100 Å². The second kappa shape index (κ2) is 7.79. The number of carbonyl (C=O) groups excluding carboxylic acids is 2. The number of hydrogen-bond donors (Lipinski definition) is 2. The molecule has 2 N–H and O–H groups in total. The highest BCUT2D eigenvalue weighted by Gasteiger charge is 2.46. The highest BCUT2D eigenvalue weighted by Crippen LogP contribution is 2.40. The van der Waals surface area contributed by atoms with Gasteiger partial charge in [-0.1, -0.05) is 12.1 Å². The van der Waals surface area contributed by atoms with Crippen LogP contribution in [0.2, 0.25) is 0 Å². The van der Waals surface area contributed by atoms with E-state index in [2.05, 4.69) is 0 Å². The van der Waals surface area contributed by atoms with Gasteiger partial charge in [-0.3, -0.25) is 9.59 Å². The summed E-state index contributed by atoms with van der Waals surface area (Å²) >= 11 is 0. The molecule has 2 heterocycles. The average Bonchev–Trinajstić information content (AvgIpc) is 3.36. The fourth-order valence-corrected chi connectivity index (χ4v) is 3.52. The smallest absolute Gasteiger partial charge is 0.296 e. The van der Waals surface area contributed by atoms with Crippen LogP contribution in [0.25, 0.3) is 5.76 Å². The van der Waals surface area contributed by atoms with Crippen LogP contribution in [0.5, 0.6) is 11.5 Å². The Labute approximate surface area is 172 Å². The molecule has 1 fully saturated rings. The van der Waals surface area contributed by atoms with Crippen LogP contribution in [0.1, 0.15) is 22.9 Å². The van der Waals surface area contributed by atoms with Gasteiger partial charge in [0.2, 0.25) is 0 Å². The molecule has 1 aliphatic rings. The zero-order valence-electron chi connectivity index (χ0n) is 16.1. The number of hydrogen-bond acceptors (Lipinski definition) is 6. The van der Waals surface area contributed by atoms with Crippen LogP contribution in [0.3, 0.4) is 0 Å². The first kappa shape index (κ1) is 19.3. The number of phenols is 1. The van der Waals surface area contributed by atoms with Gasteiger partial charge >= 0.3 is 0 Å². The van der Waals surface area contributed by atoms with Gasteiger partial charge in [-0.25, -0.2) is 0 Å². The molecule has 0 saturated carbocycles. The Kier molecular flexibility index (Phi) is 5.02. The van der Waals surface area contributed by atoms with Gasteiger partial charge < -0.3 is 24.3 Å². The van der Waals surface area contributed by atoms with E-state index < -0.39 is 17.7 Å². The number of likely N-dealkylation sites (tertiary alicyclic amines) is 1. The number of carbonyl (C=O) groups is 2. The van der Waals surface area contributed by atoms with Crippen molar-refractivity contribution in [2.75, 3.05) is 7.11 Å². The molecule has 1 aromatic heterocycles. The lowest BCUT2D eigenvalue weighted by Crippen LogP contribution is -2.29. The number of benzene rings is 2. The number of aliphatic hydroxyl groups is 1. The van der Waals surface area contributed by atoms with Crippen LogP contribution in [0.4, 0.5) is 0 Å². The molecule has 1 atom stereocenters. The molecule has 30 heavy (non-hydrogen) atoms. The molecular formula is C23H19NO6. The molecule has 7 nitrogen and oxygen atoms in total. The molecule has 1 saturated heterocycles. The fourth-order valence-electron chi connectivity index (χ4n) is 3.52. The molecular weight excluding hydrogens is 386 g/mol. The number of methoxy groups -OCH3 is 1. The number of nitrogens with zero attached hydrogens (tertiary/aromatic N) is 1. The summed E-state index contributed by atoms with van der Waals surface area (Å²) in [6, 6.07) is 15.3. The number of ketones is 1. The highest BCUT2D eigenvalue weighted by molar-refractivity contribution is 6.46. The Morgan fingerprint density at radius 2 is 1.77 bits per heavy atom. The Morgan fingerprint density at radius 3 is 2.37 bits per heavy atom. The second-order valence-electron chi connectivity index (χ2n) is 6.83. The first-order chi connectivity index (χ1) is 14.5. The number of amides is 1. The van der Waals surface area contributed by atoms with Crippen LogP contribution >= 0.6 is 0 Å². The molecule has 1 amide bonds. The van der Waals surface area contributed by atoms with Gasteiger partial charge in [0.1, 0.15) is 23.0 Å². The minimum absolute atomic E-state index is 0.0255. The summed E-state index contributed by atoms with van der Waals surface area (Å²) in [6.07, 6.45) is 1.48. The van der Waals surface area contributed by atoms with E-state index in [4.69, 9.17) is 9.15 Å². The van der Waals surface area contributed by atoms with Gasteiger partial charge in [0.15, 0.2) is 0 Å². The fraction of sp³-hybridized carbons (Fsp3) is 0.130. The summed E-state index contributed by atoms with van der Waals surface area (Å²) in [5, 5.41) is 20.6. The van der Waals surface area contributed by atoms with Crippen molar-refractivity contribution in [1.29, 1.82) is 0 Å². The van der Waals surface area contributed by atoms with Crippen molar-refractivity contribution in [3.8, 4) is 11.5 Å². The second-order valence-corrected chi connectivity index (χ2v) is 6.83. The largest absolute Gasteiger partial charge is 0.508 e. The lowest BCUT2D eigenvalue weighted by molar-refractivity contribution is -0.140. The third kappa shape index (κ3) is 3.41. The summed E-state index contributed by atoms with van der Waals surface area (Å²) in [5.41, 5.74) is 0.937. The number of Topliss-reactive ketones (excluding diaryl/α,β-unsaturated/α-hetero) is 1. The van der Waals surface area contributed by atoms with Crippen molar-refractivity contribution < 1.29 is 29.0 Å². The monoisotopic (exact) mass is 405 g/mol. The number of furan rings is 1. The van der Waals surface area contributed by atoms with Crippen molar-refractivity contribution in [2.24, 2.45) is 0 Å². The minimum Gasteiger partial charge on any atom is -0.508 e. The van der Waals surface area contributed by atoms with Crippen LogP contribution < -0.4 is 4.74 Å². The summed E-state index contributed by atoms with van der Waals surface area (Å²) in [6.45, 7) is 0.0580. The number of ether oxygens (including phenoxy) is 1. The van der Waals surface area contributed by atoms with Crippen LogP contribution in [0.15, 0.2) is 76.9 Å². The first-order valence-electron chi connectivity index (χ1n) is 9.23. The molecule has 0 unspecified atom stereocenters. The van der Waals surface area contributed by atoms with Crippen LogP contribution in [-0.4, -0.2) is 33.9 Å². The van der Waals surface area contributed by atoms with E-state index in [0.717, 1.165) is 0 Å². The Balaban J connectivity index is 1.84. The predicted octanol–water partition coefficient (Wildman–Crippen LogP) is 3.62. The number of aromatic hydroxyl groups is 1. The molecule has 0 aliphatic carbocycles. The van der Waals surface area contributed by atoms with E-state index in [1.54, 1.807) is 48.5 Å². The Morgan fingerprint density at radius 1 is 1.07 bits per heavy atom. The molecule has 7 heteroatoms. The number of phenolic OH excluding ortho intramolecular Hbond substituents is 1. The van der Waals surface area contributed by atoms with Crippen molar-refractivity contribution in [3.05, 3.63) is 89.4 Å². The Hall–Kier alpha value is -4.00. The van der Waals surface area contributed by atoms with Crippen LogP contribution in [0, 0.1) is 0 Å². The normalized spacial score (nSPS) is 18.0. The van der Waals surface area contributed by atoms with E-state index in [1.807, 2.05) is 0 Å². The predicted molar refractivity (Wildman–Crippen MR) is 108 cm³/mol. The molecule has 4 rings (SSSR count). The SMILES string of the molecule is COc1ccc(/C(O)=C2\C(=O)C(=O)N(Cc3ccco3)[C@H]2c2ccc(O)cc2)cc1. The van der Waals surface area contributed by atoms with Gasteiger partial charge in [-0.15, -0.1) is 0 Å². The molecule has 0 bridgehead atoms. The maximum Gasteiger partial charge on any atom is 0.296 e. The third-order valence-corrected chi connectivity index (χ3v) is 5.02. The summed E-state index contributed by atoms with van der Waals surface area (Å²) in [4.78, 5) is 27.1. The quantitative estimate of drug-likeness (QED) is 0.382. The van der Waals surface area contributed by atoms with E-state index in [0.29, 0.717) is 22.6 Å². The summed E-state index contributed by atoms with van der Waals surface area (Å²) in [7, 11) is 1.53. The molecule has 152 valence electrons. The van der Waals surface area contributed by atoms with E-state index in [9.17, 15) is 19.8 Å². The molecule has 3 aromatic rings. The summed E-state index contributed by atoms with van der Waals surface area (Å²) < 4.78 is 10.5. The zero-order valence-corrected chi connectivity index (χ0v) is 16.1. The van der Waals surface area contributed by atoms with E-state index >= 15 is 0 Å². The summed E-state index contributed by atoms with van der Waals surface area (Å²) in [5.74, 6) is -0.648. The van der Waals surface area contributed by atoms with Crippen LogP contribution in [-0.2, 0) is 16.1 Å². The molecule has 0 radical (unpaired) electrons. The number of aliphatic hydroxyl groups excluding tert-OH is 1. The van der Waals surface area contributed by atoms with E-state index in [1.165, 1.54) is 30.4 Å². The van der Waals surface area contributed by atoms with Gasteiger partial charge in [0.05, 0.1) is 31.5 Å². The maximum atomic E-state index is 12.9. The van der Waals surface area contributed by atoms with Crippen molar-refractivity contribution >= 4 is 17.4 Å². The van der Waals surface area contributed by atoms with Crippen molar-refractivity contribution in [2.45, 2.75) is 12.6 Å². The van der Waals surface area contributed by atoms with Gasteiger partial charge in [0, 0.05) is 5.56 Å². The van der Waals surface area contributed by atoms with Gasteiger partial charge in [-0.2, -0.15) is 0 Å². The molecule has 1 aliphatic heterocycles. The maximum absolute atomic E-state index is 12.9. The third-order valence-electron chi connectivity index (χ3n) is 5.02. The average molecular weight is 405 g/mol.